The first-order chi connectivity index (χ1) is 12.6. The zero-order chi connectivity index (χ0) is 18.1. The largest absolute Gasteiger partial charge is 0.490 e. The Kier molecular flexibility index (Phi) is 4.57. The Balaban J connectivity index is 1.40. The molecule has 1 aliphatic carbocycles. The number of hydrogen-bond acceptors (Lipinski definition) is 3. The summed E-state index contributed by atoms with van der Waals surface area (Å²) >= 11 is 6.09. The SMILES string of the molecule is Cc1ccc2nc(C3CCC(Oc4ccc(C#N)c(Cl)c4)CC3)[nH]c2c1. The standard InChI is InChI=1S/C21H20ClN3O/c1-13-2-9-19-20(10-13)25-21(24-19)14-3-6-16(7-4-14)26-17-8-5-15(12-23)18(22)11-17/h2,5,8-11,14,16H,3-4,6-7H2,1H3,(H,24,25). The number of aromatic nitrogens is 2. The minimum absolute atomic E-state index is 0.182. The van der Waals surface area contributed by atoms with Crippen molar-refractivity contribution in [3.8, 4) is 11.8 Å². The van der Waals surface area contributed by atoms with Crippen LogP contribution in [0.2, 0.25) is 5.02 Å². The van der Waals surface area contributed by atoms with E-state index in [4.69, 9.17) is 26.6 Å². The molecule has 3 aromatic rings. The number of nitrogens with zero attached hydrogens (tertiary/aromatic N) is 2. The topological polar surface area (TPSA) is 61.7 Å². The maximum Gasteiger partial charge on any atom is 0.121 e. The highest BCUT2D eigenvalue weighted by molar-refractivity contribution is 6.31. The van der Waals surface area contributed by atoms with Crippen LogP contribution in [-0.4, -0.2) is 16.1 Å². The number of ether oxygens (including phenoxy) is 1. The van der Waals surface area contributed by atoms with E-state index >= 15 is 0 Å². The minimum Gasteiger partial charge on any atom is -0.490 e. The molecule has 1 aliphatic rings. The molecule has 2 aromatic carbocycles. The highest BCUT2D eigenvalue weighted by Gasteiger charge is 2.25. The van der Waals surface area contributed by atoms with Crippen LogP contribution in [0.1, 0.15) is 48.6 Å². The molecule has 26 heavy (non-hydrogen) atoms. The Bertz CT molecular complexity index is 981. The number of H-pyrrole nitrogens is 1. The molecule has 0 aliphatic heterocycles. The quantitative estimate of drug-likeness (QED) is 0.666. The van der Waals surface area contributed by atoms with Crippen molar-refractivity contribution >= 4 is 22.6 Å². The number of halogens is 1. The minimum atomic E-state index is 0.182. The molecule has 0 saturated heterocycles. The summed E-state index contributed by atoms with van der Waals surface area (Å²) in [5.74, 6) is 2.27. The van der Waals surface area contributed by atoms with Crippen molar-refractivity contribution in [2.75, 3.05) is 0 Å². The summed E-state index contributed by atoms with van der Waals surface area (Å²) in [7, 11) is 0. The Hall–Kier alpha value is -2.51. The second-order valence-electron chi connectivity index (χ2n) is 6.99. The molecule has 0 unspecified atom stereocenters. The van der Waals surface area contributed by atoms with Crippen molar-refractivity contribution in [3.05, 3.63) is 58.4 Å². The van der Waals surface area contributed by atoms with Gasteiger partial charge in [0.25, 0.3) is 0 Å². The summed E-state index contributed by atoms with van der Waals surface area (Å²) in [6.07, 6.45) is 4.25. The molecule has 0 spiro atoms. The highest BCUT2D eigenvalue weighted by atomic mass is 35.5. The van der Waals surface area contributed by atoms with Crippen LogP contribution in [-0.2, 0) is 0 Å². The van der Waals surface area contributed by atoms with Gasteiger partial charge in [0, 0.05) is 12.0 Å². The smallest absolute Gasteiger partial charge is 0.121 e. The second-order valence-corrected chi connectivity index (χ2v) is 7.39. The van der Waals surface area contributed by atoms with Gasteiger partial charge in [0.15, 0.2) is 0 Å². The van der Waals surface area contributed by atoms with Crippen LogP contribution in [0.4, 0.5) is 0 Å². The average Bonchev–Trinajstić information content (AvgIpc) is 3.05. The number of aryl methyl sites for hydroxylation is 1. The molecule has 1 fully saturated rings. The monoisotopic (exact) mass is 365 g/mol. The van der Waals surface area contributed by atoms with Gasteiger partial charge in [-0.15, -0.1) is 0 Å². The number of aromatic amines is 1. The Morgan fingerprint density at radius 1 is 1.15 bits per heavy atom. The third-order valence-electron chi connectivity index (χ3n) is 5.08. The number of nitrogens with one attached hydrogen (secondary N) is 1. The van der Waals surface area contributed by atoms with E-state index in [0.29, 0.717) is 16.5 Å². The van der Waals surface area contributed by atoms with E-state index in [0.717, 1.165) is 48.3 Å². The lowest BCUT2D eigenvalue weighted by Gasteiger charge is -2.28. The van der Waals surface area contributed by atoms with E-state index in [-0.39, 0.29) is 6.10 Å². The molecule has 5 heteroatoms. The van der Waals surface area contributed by atoms with E-state index in [2.05, 4.69) is 36.2 Å². The van der Waals surface area contributed by atoms with Crippen LogP contribution >= 0.6 is 11.6 Å². The fourth-order valence-electron chi connectivity index (χ4n) is 3.64. The van der Waals surface area contributed by atoms with Crippen LogP contribution < -0.4 is 4.74 Å². The summed E-state index contributed by atoms with van der Waals surface area (Å²) in [6, 6.07) is 13.6. The third kappa shape index (κ3) is 3.40. The van der Waals surface area contributed by atoms with Gasteiger partial charge in [0.2, 0.25) is 0 Å². The summed E-state index contributed by atoms with van der Waals surface area (Å²) in [4.78, 5) is 8.26. The number of hydrogen-bond donors (Lipinski definition) is 1. The third-order valence-corrected chi connectivity index (χ3v) is 5.39. The van der Waals surface area contributed by atoms with Gasteiger partial charge in [-0.05, 0) is 62.4 Å². The molecule has 1 aromatic heterocycles. The van der Waals surface area contributed by atoms with E-state index < -0.39 is 0 Å². The van der Waals surface area contributed by atoms with E-state index in [9.17, 15) is 0 Å². The summed E-state index contributed by atoms with van der Waals surface area (Å²) in [6.45, 7) is 2.10. The predicted molar refractivity (Wildman–Crippen MR) is 103 cm³/mol. The Labute approximate surface area is 157 Å². The molecule has 4 rings (SSSR count). The fourth-order valence-corrected chi connectivity index (χ4v) is 3.86. The van der Waals surface area contributed by atoms with Crippen LogP contribution in [0.5, 0.6) is 5.75 Å². The number of rotatable bonds is 3. The molecule has 4 nitrogen and oxygen atoms in total. The van der Waals surface area contributed by atoms with E-state index in [1.807, 2.05) is 6.07 Å². The summed E-state index contributed by atoms with van der Waals surface area (Å²) < 4.78 is 6.07. The first-order valence-corrected chi connectivity index (χ1v) is 9.33. The van der Waals surface area contributed by atoms with Crippen LogP contribution in [0.3, 0.4) is 0 Å². The van der Waals surface area contributed by atoms with Crippen LogP contribution in [0.15, 0.2) is 36.4 Å². The Morgan fingerprint density at radius 3 is 2.69 bits per heavy atom. The predicted octanol–water partition coefficient (Wildman–Crippen LogP) is 5.50. The van der Waals surface area contributed by atoms with Gasteiger partial charge in [-0.2, -0.15) is 5.26 Å². The number of fused-ring (bicyclic) bond motifs is 1. The first kappa shape index (κ1) is 16.9. The van der Waals surface area contributed by atoms with Crippen molar-refractivity contribution in [1.82, 2.24) is 9.97 Å². The van der Waals surface area contributed by atoms with E-state index in [1.54, 1.807) is 12.1 Å². The lowest BCUT2D eigenvalue weighted by molar-refractivity contribution is 0.145. The molecule has 0 atom stereocenters. The summed E-state index contributed by atoms with van der Waals surface area (Å²) in [5.41, 5.74) is 3.87. The zero-order valence-corrected chi connectivity index (χ0v) is 15.4. The van der Waals surface area contributed by atoms with Gasteiger partial charge in [0.1, 0.15) is 17.6 Å². The van der Waals surface area contributed by atoms with Crippen molar-refractivity contribution in [1.29, 1.82) is 5.26 Å². The van der Waals surface area contributed by atoms with Gasteiger partial charge in [-0.1, -0.05) is 17.7 Å². The van der Waals surface area contributed by atoms with Gasteiger partial charge < -0.3 is 9.72 Å². The molecule has 132 valence electrons. The molecule has 1 N–H and O–H groups in total. The number of imidazole rings is 1. The van der Waals surface area contributed by atoms with Gasteiger partial charge in [-0.3, -0.25) is 0 Å². The van der Waals surface area contributed by atoms with Gasteiger partial charge in [0.05, 0.1) is 27.7 Å². The van der Waals surface area contributed by atoms with Crippen molar-refractivity contribution in [2.24, 2.45) is 0 Å². The summed E-state index contributed by atoms with van der Waals surface area (Å²) in [5, 5.41) is 9.39. The highest BCUT2D eigenvalue weighted by Crippen LogP contribution is 2.34. The maximum absolute atomic E-state index is 8.95. The molecule has 0 bridgehead atoms. The zero-order valence-electron chi connectivity index (χ0n) is 14.6. The van der Waals surface area contributed by atoms with Gasteiger partial charge in [-0.25, -0.2) is 4.98 Å². The van der Waals surface area contributed by atoms with Crippen LogP contribution in [0.25, 0.3) is 11.0 Å². The molecular weight excluding hydrogens is 346 g/mol. The fraction of sp³-hybridized carbons (Fsp3) is 0.333. The van der Waals surface area contributed by atoms with Crippen LogP contribution in [0, 0.1) is 18.3 Å². The van der Waals surface area contributed by atoms with Crippen molar-refractivity contribution < 1.29 is 4.74 Å². The Morgan fingerprint density at radius 2 is 1.96 bits per heavy atom. The number of benzene rings is 2. The van der Waals surface area contributed by atoms with E-state index in [1.165, 1.54) is 5.56 Å². The normalized spacial score (nSPS) is 20.0. The van der Waals surface area contributed by atoms with Gasteiger partial charge >= 0.3 is 0 Å². The molecule has 1 heterocycles. The lowest BCUT2D eigenvalue weighted by Crippen LogP contribution is -2.23. The first-order valence-electron chi connectivity index (χ1n) is 8.95. The molecule has 0 radical (unpaired) electrons. The molecule has 1 saturated carbocycles. The number of nitriles is 1. The average molecular weight is 366 g/mol. The second kappa shape index (κ2) is 7.01. The maximum atomic E-state index is 8.95. The molecule has 0 amide bonds. The van der Waals surface area contributed by atoms with Crippen molar-refractivity contribution in [3.63, 3.8) is 0 Å². The molecular formula is C21H20ClN3O. The van der Waals surface area contributed by atoms with Crippen molar-refractivity contribution in [2.45, 2.75) is 44.6 Å². The lowest BCUT2D eigenvalue weighted by atomic mass is 9.87.